The molecule has 132 valence electrons. The fraction of sp³-hybridized carbons (Fsp3) is 0.143. The van der Waals surface area contributed by atoms with Gasteiger partial charge in [0.25, 0.3) is 5.91 Å². The molecular formula is C21H20N2O3. The number of benzene rings is 2. The zero-order valence-corrected chi connectivity index (χ0v) is 14.9. The standard InChI is InChI=1S/C21H20N2O3/c1-14-7-8-15(2)23(14)19-11-9-16(10-12-19)20(24)22-18-6-4-5-17(13-18)21(25)26-3/h4-13H,1-3H3,(H,22,24). The van der Waals surface area contributed by atoms with Crippen LogP contribution in [0.5, 0.6) is 0 Å². The maximum Gasteiger partial charge on any atom is 0.337 e. The van der Waals surface area contributed by atoms with Crippen LogP contribution in [0.4, 0.5) is 5.69 Å². The van der Waals surface area contributed by atoms with Crippen LogP contribution in [0.25, 0.3) is 5.69 Å². The highest BCUT2D eigenvalue weighted by Crippen LogP contribution is 2.18. The van der Waals surface area contributed by atoms with Gasteiger partial charge in [-0.15, -0.1) is 0 Å². The lowest BCUT2D eigenvalue weighted by molar-refractivity contribution is 0.0600. The molecule has 1 amide bonds. The number of aryl methyl sites for hydroxylation is 2. The SMILES string of the molecule is COC(=O)c1cccc(NC(=O)c2ccc(-n3c(C)ccc3C)cc2)c1. The largest absolute Gasteiger partial charge is 0.465 e. The van der Waals surface area contributed by atoms with E-state index in [2.05, 4.69) is 22.0 Å². The molecular weight excluding hydrogens is 328 g/mol. The number of ether oxygens (including phenoxy) is 1. The van der Waals surface area contributed by atoms with Crippen molar-refractivity contribution in [3.63, 3.8) is 0 Å². The second-order valence-electron chi connectivity index (χ2n) is 6.02. The van der Waals surface area contributed by atoms with E-state index in [9.17, 15) is 9.59 Å². The molecule has 0 saturated heterocycles. The maximum absolute atomic E-state index is 12.5. The van der Waals surface area contributed by atoms with Crippen molar-refractivity contribution in [3.05, 3.63) is 83.2 Å². The summed E-state index contributed by atoms with van der Waals surface area (Å²) in [4.78, 5) is 24.1. The first kappa shape index (κ1) is 17.5. The minimum atomic E-state index is -0.442. The Morgan fingerprint density at radius 3 is 2.15 bits per heavy atom. The van der Waals surface area contributed by atoms with Crippen molar-refractivity contribution in [1.82, 2.24) is 4.57 Å². The van der Waals surface area contributed by atoms with E-state index in [1.165, 1.54) is 7.11 Å². The normalized spacial score (nSPS) is 10.4. The number of amides is 1. The molecule has 0 fully saturated rings. The molecule has 0 aliphatic heterocycles. The fourth-order valence-electron chi connectivity index (χ4n) is 2.88. The lowest BCUT2D eigenvalue weighted by atomic mass is 10.1. The molecule has 0 saturated carbocycles. The van der Waals surface area contributed by atoms with Gasteiger partial charge in [0.1, 0.15) is 0 Å². The Kier molecular flexibility index (Phi) is 4.89. The number of esters is 1. The van der Waals surface area contributed by atoms with Crippen molar-refractivity contribution in [2.45, 2.75) is 13.8 Å². The van der Waals surface area contributed by atoms with E-state index >= 15 is 0 Å². The van der Waals surface area contributed by atoms with Gasteiger partial charge in [0.2, 0.25) is 0 Å². The van der Waals surface area contributed by atoms with Crippen LogP contribution in [-0.2, 0) is 4.74 Å². The summed E-state index contributed by atoms with van der Waals surface area (Å²) in [6, 6.07) is 18.2. The number of rotatable bonds is 4. The Bertz CT molecular complexity index is 936. The third-order valence-corrected chi connectivity index (χ3v) is 4.20. The van der Waals surface area contributed by atoms with E-state index in [0.717, 1.165) is 17.1 Å². The molecule has 0 radical (unpaired) electrons. The third kappa shape index (κ3) is 3.52. The van der Waals surface area contributed by atoms with Crippen molar-refractivity contribution in [2.24, 2.45) is 0 Å². The highest BCUT2D eigenvalue weighted by molar-refractivity contribution is 6.05. The summed E-state index contributed by atoms with van der Waals surface area (Å²) < 4.78 is 6.82. The smallest absolute Gasteiger partial charge is 0.337 e. The van der Waals surface area contributed by atoms with Crippen molar-refractivity contribution >= 4 is 17.6 Å². The highest BCUT2D eigenvalue weighted by atomic mass is 16.5. The van der Waals surface area contributed by atoms with Gasteiger partial charge in [-0.05, 0) is 68.4 Å². The van der Waals surface area contributed by atoms with Crippen molar-refractivity contribution in [1.29, 1.82) is 0 Å². The predicted octanol–water partition coefficient (Wildman–Crippen LogP) is 4.13. The van der Waals surface area contributed by atoms with Gasteiger partial charge in [-0.3, -0.25) is 4.79 Å². The van der Waals surface area contributed by atoms with Crippen LogP contribution in [0.15, 0.2) is 60.7 Å². The predicted molar refractivity (Wildman–Crippen MR) is 101 cm³/mol. The Morgan fingerprint density at radius 2 is 1.54 bits per heavy atom. The average Bonchev–Trinajstić information content (AvgIpc) is 2.99. The molecule has 0 aliphatic carbocycles. The number of hydrogen-bond acceptors (Lipinski definition) is 3. The second-order valence-corrected chi connectivity index (χ2v) is 6.02. The zero-order chi connectivity index (χ0) is 18.7. The Hall–Kier alpha value is -3.34. The van der Waals surface area contributed by atoms with E-state index in [1.54, 1.807) is 36.4 Å². The van der Waals surface area contributed by atoms with E-state index in [1.807, 2.05) is 26.0 Å². The number of nitrogens with one attached hydrogen (secondary N) is 1. The Labute approximate surface area is 152 Å². The first-order valence-electron chi connectivity index (χ1n) is 8.24. The minimum Gasteiger partial charge on any atom is -0.465 e. The maximum atomic E-state index is 12.5. The van der Waals surface area contributed by atoms with Gasteiger partial charge >= 0.3 is 5.97 Å². The van der Waals surface area contributed by atoms with Crippen molar-refractivity contribution in [2.75, 3.05) is 12.4 Å². The van der Waals surface area contributed by atoms with Gasteiger partial charge in [0.05, 0.1) is 12.7 Å². The molecule has 3 aromatic rings. The van der Waals surface area contributed by atoms with Crippen LogP contribution in [-0.4, -0.2) is 23.6 Å². The van der Waals surface area contributed by atoms with Crippen LogP contribution in [0.1, 0.15) is 32.1 Å². The highest BCUT2D eigenvalue weighted by Gasteiger charge is 2.10. The number of carbonyl (C=O) groups excluding carboxylic acids is 2. The average molecular weight is 348 g/mol. The number of carbonyl (C=O) groups is 2. The fourth-order valence-corrected chi connectivity index (χ4v) is 2.88. The minimum absolute atomic E-state index is 0.237. The summed E-state index contributed by atoms with van der Waals surface area (Å²) in [6.45, 7) is 4.09. The summed E-state index contributed by atoms with van der Waals surface area (Å²) >= 11 is 0. The summed E-state index contributed by atoms with van der Waals surface area (Å²) in [5.74, 6) is -0.678. The Morgan fingerprint density at radius 1 is 0.885 bits per heavy atom. The molecule has 0 spiro atoms. The molecule has 1 N–H and O–H groups in total. The van der Waals surface area contributed by atoms with Gasteiger partial charge in [-0.25, -0.2) is 4.79 Å². The molecule has 5 nitrogen and oxygen atoms in total. The van der Waals surface area contributed by atoms with Crippen molar-refractivity contribution in [3.8, 4) is 5.69 Å². The van der Waals surface area contributed by atoms with Crippen LogP contribution < -0.4 is 5.32 Å². The molecule has 26 heavy (non-hydrogen) atoms. The van der Waals surface area contributed by atoms with E-state index in [-0.39, 0.29) is 5.91 Å². The van der Waals surface area contributed by atoms with E-state index in [4.69, 9.17) is 4.74 Å². The molecule has 3 rings (SSSR count). The van der Waals surface area contributed by atoms with Gasteiger partial charge in [-0.1, -0.05) is 6.07 Å². The van der Waals surface area contributed by atoms with E-state index < -0.39 is 5.97 Å². The molecule has 5 heteroatoms. The molecule has 0 aliphatic rings. The van der Waals surface area contributed by atoms with Crippen LogP contribution in [0.2, 0.25) is 0 Å². The summed E-state index contributed by atoms with van der Waals surface area (Å²) in [5, 5.41) is 2.80. The topological polar surface area (TPSA) is 60.3 Å². The summed E-state index contributed by atoms with van der Waals surface area (Å²) in [6.07, 6.45) is 0. The quantitative estimate of drug-likeness (QED) is 0.721. The number of aromatic nitrogens is 1. The number of hydrogen-bond donors (Lipinski definition) is 1. The Balaban J connectivity index is 1.78. The van der Waals surface area contributed by atoms with Gasteiger partial charge in [0, 0.05) is 28.3 Å². The molecule has 1 aromatic heterocycles. The van der Waals surface area contributed by atoms with Crippen LogP contribution >= 0.6 is 0 Å². The number of methoxy groups -OCH3 is 1. The lowest BCUT2D eigenvalue weighted by Gasteiger charge is -2.11. The zero-order valence-electron chi connectivity index (χ0n) is 14.9. The summed E-state index contributed by atoms with van der Waals surface area (Å²) in [5.41, 5.74) is 4.76. The van der Waals surface area contributed by atoms with Gasteiger partial charge in [0.15, 0.2) is 0 Å². The molecule has 0 bridgehead atoms. The molecule has 1 heterocycles. The summed E-state index contributed by atoms with van der Waals surface area (Å²) in [7, 11) is 1.32. The van der Waals surface area contributed by atoms with E-state index in [0.29, 0.717) is 16.8 Å². The van der Waals surface area contributed by atoms with Gasteiger partial charge in [-0.2, -0.15) is 0 Å². The second kappa shape index (κ2) is 7.27. The first-order chi connectivity index (χ1) is 12.5. The third-order valence-electron chi connectivity index (χ3n) is 4.20. The molecule has 2 aromatic carbocycles. The number of nitrogens with zero attached hydrogens (tertiary/aromatic N) is 1. The monoisotopic (exact) mass is 348 g/mol. The molecule has 0 atom stereocenters. The molecule has 0 unspecified atom stereocenters. The van der Waals surface area contributed by atoms with Crippen LogP contribution in [0, 0.1) is 13.8 Å². The first-order valence-corrected chi connectivity index (χ1v) is 8.24. The lowest BCUT2D eigenvalue weighted by Crippen LogP contribution is -2.12. The van der Waals surface area contributed by atoms with Crippen LogP contribution in [0.3, 0.4) is 0 Å². The van der Waals surface area contributed by atoms with Gasteiger partial charge < -0.3 is 14.6 Å². The number of anilines is 1. The van der Waals surface area contributed by atoms with Crippen molar-refractivity contribution < 1.29 is 14.3 Å².